The molecule has 0 radical (unpaired) electrons. The quantitative estimate of drug-likeness (QED) is 0.595. The van der Waals surface area contributed by atoms with E-state index < -0.39 is 17.8 Å². The molecule has 2 N–H and O–H groups in total. The van der Waals surface area contributed by atoms with Gasteiger partial charge in [-0.15, -0.1) is 0 Å². The summed E-state index contributed by atoms with van der Waals surface area (Å²) >= 11 is 6.41. The van der Waals surface area contributed by atoms with Crippen molar-refractivity contribution in [3.8, 4) is 0 Å². The van der Waals surface area contributed by atoms with E-state index >= 15 is 0 Å². The van der Waals surface area contributed by atoms with Crippen molar-refractivity contribution in [1.82, 2.24) is 10.6 Å². The van der Waals surface area contributed by atoms with Crippen LogP contribution in [0.4, 0.5) is 10.5 Å². The van der Waals surface area contributed by atoms with Crippen LogP contribution < -0.4 is 15.5 Å². The van der Waals surface area contributed by atoms with Crippen LogP contribution in [0, 0.1) is 0 Å². The SMILES string of the molecule is C[C@@H]1CC(C)(C)N(C)c2cc(Cl)c(C=C3C(=O)NC(=O)NC3=O)cc21. The number of benzene rings is 1. The Kier molecular flexibility index (Phi) is 4.11. The van der Waals surface area contributed by atoms with Crippen LogP contribution in [0.2, 0.25) is 5.02 Å². The Labute approximate surface area is 151 Å². The number of rotatable bonds is 1. The summed E-state index contributed by atoms with van der Waals surface area (Å²) in [7, 11) is 2.03. The summed E-state index contributed by atoms with van der Waals surface area (Å²) in [5.41, 5.74) is 2.61. The number of hydrogen-bond acceptors (Lipinski definition) is 4. The Morgan fingerprint density at radius 2 is 1.80 bits per heavy atom. The monoisotopic (exact) mass is 361 g/mol. The van der Waals surface area contributed by atoms with E-state index in [0.717, 1.165) is 17.7 Å². The third kappa shape index (κ3) is 3.02. The number of carbonyl (C=O) groups excluding carboxylic acids is 3. The second-order valence-electron chi connectivity index (χ2n) is 7.20. The maximum Gasteiger partial charge on any atom is 0.328 e. The predicted octanol–water partition coefficient (Wildman–Crippen LogP) is 2.81. The number of anilines is 1. The molecule has 0 unspecified atom stereocenters. The Morgan fingerprint density at radius 1 is 1.20 bits per heavy atom. The van der Waals surface area contributed by atoms with Gasteiger partial charge in [0.15, 0.2) is 0 Å². The molecule has 0 bridgehead atoms. The average molecular weight is 362 g/mol. The molecule has 2 heterocycles. The van der Waals surface area contributed by atoms with Crippen molar-refractivity contribution < 1.29 is 14.4 Å². The van der Waals surface area contributed by atoms with Crippen molar-refractivity contribution in [1.29, 1.82) is 0 Å². The standard InChI is InChI=1S/C18H20ClN3O3/c1-9-8-18(2,3)22(4)14-7-13(19)10(5-11(9)14)6-12-15(23)20-17(25)21-16(12)24/h5-7,9H,8H2,1-4H3,(H2,20,21,23,24,25)/t9-/m1/s1. The normalized spacial score (nSPS) is 22.3. The van der Waals surface area contributed by atoms with Gasteiger partial charge in [0.25, 0.3) is 11.8 Å². The molecular formula is C18H20ClN3O3. The zero-order valence-corrected chi connectivity index (χ0v) is 15.3. The molecule has 4 amide bonds. The van der Waals surface area contributed by atoms with E-state index in [2.05, 4.69) is 36.3 Å². The van der Waals surface area contributed by atoms with Gasteiger partial charge in [0, 0.05) is 23.3 Å². The van der Waals surface area contributed by atoms with Gasteiger partial charge in [-0.1, -0.05) is 18.5 Å². The fourth-order valence-electron chi connectivity index (χ4n) is 3.48. The summed E-state index contributed by atoms with van der Waals surface area (Å²) < 4.78 is 0. The van der Waals surface area contributed by atoms with Crippen LogP contribution >= 0.6 is 11.6 Å². The summed E-state index contributed by atoms with van der Waals surface area (Å²) in [6.45, 7) is 6.52. The molecule has 132 valence electrons. The van der Waals surface area contributed by atoms with E-state index in [1.807, 2.05) is 19.2 Å². The van der Waals surface area contributed by atoms with Crippen molar-refractivity contribution in [3.63, 3.8) is 0 Å². The molecule has 25 heavy (non-hydrogen) atoms. The highest BCUT2D eigenvalue weighted by Crippen LogP contribution is 2.44. The van der Waals surface area contributed by atoms with Crippen LogP contribution in [0.3, 0.4) is 0 Å². The Hall–Kier alpha value is -2.34. The lowest BCUT2D eigenvalue weighted by Crippen LogP contribution is -2.51. The molecule has 1 saturated heterocycles. The number of halogens is 1. The highest BCUT2D eigenvalue weighted by molar-refractivity contribution is 6.34. The third-order valence-electron chi connectivity index (χ3n) is 5.00. The first kappa shape index (κ1) is 17.5. The molecule has 1 aromatic carbocycles. The summed E-state index contributed by atoms with van der Waals surface area (Å²) in [5.74, 6) is -1.14. The highest BCUT2D eigenvalue weighted by Gasteiger charge is 2.35. The molecular weight excluding hydrogens is 342 g/mol. The van der Waals surface area contributed by atoms with Gasteiger partial charge in [-0.25, -0.2) is 4.79 Å². The maximum atomic E-state index is 11.9. The van der Waals surface area contributed by atoms with E-state index in [1.165, 1.54) is 6.08 Å². The van der Waals surface area contributed by atoms with Gasteiger partial charge >= 0.3 is 6.03 Å². The van der Waals surface area contributed by atoms with E-state index in [0.29, 0.717) is 16.5 Å². The zero-order chi connectivity index (χ0) is 18.5. The molecule has 1 aromatic rings. The number of carbonyl (C=O) groups is 3. The highest BCUT2D eigenvalue weighted by atomic mass is 35.5. The molecule has 3 rings (SSSR count). The molecule has 1 fully saturated rings. The van der Waals surface area contributed by atoms with E-state index in [1.54, 1.807) is 0 Å². The zero-order valence-electron chi connectivity index (χ0n) is 14.6. The van der Waals surface area contributed by atoms with Crippen LogP contribution in [-0.2, 0) is 9.59 Å². The van der Waals surface area contributed by atoms with Crippen LogP contribution in [0.5, 0.6) is 0 Å². The molecule has 0 aliphatic carbocycles. The minimum Gasteiger partial charge on any atom is -0.369 e. The Bertz CT molecular complexity index is 807. The summed E-state index contributed by atoms with van der Waals surface area (Å²) in [6.07, 6.45) is 2.40. The van der Waals surface area contributed by atoms with Gasteiger partial charge in [0.2, 0.25) is 0 Å². The van der Waals surface area contributed by atoms with Crippen molar-refractivity contribution in [2.75, 3.05) is 11.9 Å². The minimum atomic E-state index is -0.818. The van der Waals surface area contributed by atoms with Crippen molar-refractivity contribution in [2.45, 2.75) is 38.6 Å². The minimum absolute atomic E-state index is 0.0131. The number of hydrogen-bond donors (Lipinski definition) is 2. The predicted molar refractivity (Wildman–Crippen MR) is 96.6 cm³/mol. The molecule has 2 aliphatic heterocycles. The van der Waals surface area contributed by atoms with E-state index in [4.69, 9.17) is 11.6 Å². The number of urea groups is 1. The second kappa shape index (κ2) is 5.88. The Balaban J connectivity index is 2.07. The van der Waals surface area contributed by atoms with Gasteiger partial charge in [-0.3, -0.25) is 20.2 Å². The number of fused-ring (bicyclic) bond motifs is 1. The number of imide groups is 2. The first-order valence-corrected chi connectivity index (χ1v) is 8.43. The van der Waals surface area contributed by atoms with Crippen LogP contribution in [0.1, 0.15) is 44.2 Å². The fourth-order valence-corrected chi connectivity index (χ4v) is 3.69. The van der Waals surface area contributed by atoms with Crippen LogP contribution in [-0.4, -0.2) is 30.4 Å². The molecule has 6 nitrogen and oxygen atoms in total. The van der Waals surface area contributed by atoms with Crippen molar-refractivity contribution in [3.05, 3.63) is 33.9 Å². The first-order chi connectivity index (χ1) is 11.6. The average Bonchev–Trinajstić information content (AvgIpc) is 2.49. The van der Waals surface area contributed by atoms with E-state index in [-0.39, 0.29) is 11.1 Å². The van der Waals surface area contributed by atoms with Gasteiger partial charge in [-0.2, -0.15) is 0 Å². The fraction of sp³-hybridized carbons (Fsp3) is 0.389. The van der Waals surface area contributed by atoms with Gasteiger partial charge in [-0.05, 0) is 55.5 Å². The molecule has 1 atom stereocenters. The summed E-state index contributed by atoms with van der Waals surface area (Å²) in [6, 6.07) is 2.96. The van der Waals surface area contributed by atoms with Gasteiger partial charge in [0.1, 0.15) is 5.57 Å². The second-order valence-corrected chi connectivity index (χ2v) is 7.61. The lowest BCUT2D eigenvalue weighted by molar-refractivity contribution is -0.123. The van der Waals surface area contributed by atoms with Gasteiger partial charge in [0.05, 0.1) is 0 Å². The maximum absolute atomic E-state index is 11.9. The molecule has 7 heteroatoms. The van der Waals surface area contributed by atoms with Crippen molar-refractivity contribution >= 4 is 41.2 Å². The molecule has 0 saturated carbocycles. The Morgan fingerprint density at radius 3 is 2.40 bits per heavy atom. The number of amides is 4. The number of nitrogens with zero attached hydrogens (tertiary/aromatic N) is 1. The summed E-state index contributed by atoms with van der Waals surface area (Å²) in [4.78, 5) is 37.2. The lowest BCUT2D eigenvalue weighted by atomic mass is 9.80. The summed E-state index contributed by atoms with van der Waals surface area (Å²) in [5, 5.41) is 4.56. The molecule has 0 aromatic heterocycles. The van der Waals surface area contributed by atoms with E-state index in [9.17, 15) is 14.4 Å². The van der Waals surface area contributed by atoms with Crippen LogP contribution in [0.15, 0.2) is 17.7 Å². The largest absolute Gasteiger partial charge is 0.369 e. The lowest BCUT2D eigenvalue weighted by Gasteiger charge is -2.45. The topological polar surface area (TPSA) is 78.5 Å². The smallest absolute Gasteiger partial charge is 0.328 e. The third-order valence-corrected chi connectivity index (χ3v) is 5.32. The number of nitrogens with one attached hydrogen (secondary N) is 2. The first-order valence-electron chi connectivity index (χ1n) is 8.06. The molecule has 0 spiro atoms. The van der Waals surface area contributed by atoms with Crippen LogP contribution in [0.25, 0.3) is 6.08 Å². The van der Waals surface area contributed by atoms with Gasteiger partial charge < -0.3 is 4.90 Å². The van der Waals surface area contributed by atoms with Crippen molar-refractivity contribution in [2.24, 2.45) is 0 Å². The number of barbiturate groups is 1. The molecule has 2 aliphatic rings.